The second-order valence-electron chi connectivity index (χ2n) is 7.38. The van der Waals surface area contributed by atoms with Crippen molar-refractivity contribution in [2.24, 2.45) is 17.8 Å². The van der Waals surface area contributed by atoms with Gasteiger partial charge in [0.1, 0.15) is 0 Å². The first-order valence-corrected chi connectivity index (χ1v) is 8.08. The van der Waals surface area contributed by atoms with Gasteiger partial charge in [0.2, 0.25) is 0 Å². The van der Waals surface area contributed by atoms with Crippen molar-refractivity contribution in [2.45, 2.75) is 70.9 Å². The Bertz CT molecular complexity index is 313. The Morgan fingerprint density at radius 2 is 1.89 bits per heavy atom. The van der Waals surface area contributed by atoms with Crippen molar-refractivity contribution in [2.75, 3.05) is 7.05 Å². The minimum absolute atomic E-state index is 0.349. The third-order valence-corrected chi connectivity index (χ3v) is 5.46. The van der Waals surface area contributed by atoms with Crippen molar-refractivity contribution >= 4 is 0 Å². The van der Waals surface area contributed by atoms with E-state index in [0.717, 1.165) is 11.8 Å². The zero-order valence-electron chi connectivity index (χ0n) is 13.3. The molecule has 0 bridgehead atoms. The Morgan fingerprint density at radius 3 is 2.42 bits per heavy atom. The monoisotopic (exact) mass is 264 g/mol. The van der Waals surface area contributed by atoms with Crippen LogP contribution in [0, 0.1) is 17.8 Å². The molecule has 0 heterocycles. The van der Waals surface area contributed by atoms with Gasteiger partial charge in [-0.15, -0.1) is 0 Å². The molecule has 0 aromatic rings. The Kier molecular flexibility index (Phi) is 4.60. The van der Waals surface area contributed by atoms with Gasteiger partial charge in [-0.2, -0.15) is 0 Å². The van der Waals surface area contributed by atoms with E-state index in [1.54, 1.807) is 0 Å². The highest BCUT2D eigenvalue weighted by Crippen LogP contribution is 2.39. The molecule has 2 heteroatoms. The molecule has 2 fully saturated rings. The zero-order chi connectivity index (χ0) is 14.0. The van der Waals surface area contributed by atoms with Gasteiger partial charge in [-0.1, -0.05) is 20.4 Å². The van der Waals surface area contributed by atoms with Crippen molar-refractivity contribution in [3.05, 3.63) is 12.3 Å². The summed E-state index contributed by atoms with van der Waals surface area (Å²) >= 11 is 0. The predicted octanol–water partition coefficient (Wildman–Crippen LogP) is 3.69. The van der Waals surface area contributed by atoms with Crippen LogP contribution in [-0.4, -0.2) is 18.6 Å². The molecule has 2 atom stereocenters. The van der Waals surface area contributed by atoms with Gasteiger partial charge in [0.05, 0.1) is 0 Å². The largest absolute Gasteiger partial charge is 0.386 e. The van der Waals surface area contributed by atoms with E-state index in [1.807, 2.05) is 0 Å². The van der Waals surface area contributed by atoms with Crippen molar-refractivity contribution in [1.82, 2.24) is 10.6 Å². The lowest BCUT2D eigenvalue weighted by Crippen LogP contribution is -2.58. The maximum absolute atomic E-state index is 4.26. The predicted molar refractivity (Wildman–Crippen MR) is 83.0 cm³/mol. The molecule has 0 spiro atoms. The van der Waals surface area contributed by atoms with Crippen LogP contribution in [0.4, 0.5) is 0 Å². The van der Waals surface area contributed by atoms with E-state index in [-0.39, 0.29) is 0 Å². The summed E-state index contributed by atoms with van der Waals surface area (Å²) in [4.78, 5) is 0. The Balaban J connectivity index is 1.62. The van der Waals surface area contributed by atoms with Crippen molar-refractivity contribution < 1.29 is 0 Å². The molecule has 2 saturated carbocycles. The molecule has 0 radical (unpaired) electrons. The fourth-order valence-electron chi connectivity index (χ4n) is 3.33. The summed E-state index contributed by atoms with van der Waals surface area (Å²) < 4.78 is 0. The quantitative estimate of drug-likeness (QED) is 0.698. The van der Waals surface area contributed by atoms with Crippen LogP contribution in [0.25, 0.3) is 0 Å². The first kappa shape index (κ1) is 14.9. The van der Waals surface area contributed by atoms with Crippen molar-refractivity contribution in [1.29, 1.82) is 0 Å². The molecule has 2 N–H and O–H groups in total. The standard InChI is InChI=1S/C17H32N2/c1-12(6-7-13(2)15-8-9-15)14(3)19-16-10-17(4,11-16)18-5/h12-13,15-16,18-19H,3,6-11H2,1-2,4-5H3. The zero-order valence-corrected chi connectivity index (χ0v) is 13.3. The highest BCUT2D eigenvalue weighted by atomic mass is 15.0. The van der Waals surface area contributed by atoms with Crippen molar-refractivity contribution in [3.63, 3.8) is 0 Å². The lowest BCUT2D eigenvalue weighted by Gasteiger charge is -2.46. The van der Waals surface area contributed by atoms with Gasteiger partial charge in [-0.05, 0) is 70.3 Å². The molecule has 2 rings (SSSR count). The first-order valence-electron chi connectivity index (χ1n) is 8.08. The van der Waals surface area contributed by atoms with Gasteiger partial charge in [0.15, 0.2) is 0 Å². The third kappa shape index (κ3) is 3.98. The average Bonchev–Trinajstić information content (AvgIpc) is 3.17. The molecular weight excluding hydrogens is 232 g/mol. The molecule has 0 aromatic carbocycles. The van der Waals surface area contributed by atoms with E-state index in [0.29, 0.717) is 17.5 Å². The van der Waals surface area contributed by atoms with Crippen LogP contribution in [-0.2, 0) is 0 Å². The minimum atomic E-state index is 0.349. The molecule has 2 unspecified atom stereocenters. The number of allylic oxidation sites excluding steroid dienone is 1. The highest BCUT2D eigenvalue weighted by Gasteiger charge is 2.39. The Morgan fingerprint density at radius 1 is 1.26 bits per heavy atom. The summed E-state index contributed by atoms with van der Waals surface area (Å²) in [7, 11) is 2.06. The lowest BCUT2D eigenvalue weighted by atomic mass is 9.74. The van der Waals surface area contributed by atoms with Crippen LogP contribution < -0.4 is 10.6 Å². The SMILES string of the molecule is C=C(NC1CC(C)(NC)C1)C(C)CCC(C)C1CC1. The van der Waals surface area contributed by atoms with E-state index >= 15 is 0 Å². The van der Waals surface area contributed by atoms with Crippen LogP contribution in [0.15, 0.2) is 12.3 Å². The molecule has 0 aromatic heterocycles. The smallest absolute Gasteiger partial charge is 0.0293 e. The van der Waals surface area contributed by atoms with E-state index in [2.05, 4.69) is 45.0 Å². The fourth-order valence-corrected chi connectivity index (χ4v) is 3.33. The summed E-state index contributed by atoms with van der Waals surface area (Å²) in [5.41, 5.74) is 1.60. The highest BCUT2D eigenvalue weighted by molar-refractivity contribution is 5.07. The normalized spacial score (nSPS) is 33.4. The van der Waals surface area contributed by atoms with Crippen LogP contribution >= 0.6 is 0 Å². The van der Waals surface area contributed by atoms with E-state index in [4.69, 9.17) is 0 Å². The maximum Gasteiger partial charge on any atom is 0.0293 e. The third-order valence-electron chi connectivity index (χ3n) is 5.46. The summed E-state index contributed by atoms with van der Waals surface area (Å²) in [6.07, 6.45) is 8.03. The average molecular weight is 264 g/mol. The van der Waals surface area contributed by atoms with Gasteiger partial charge < -0.3 is 10.6 Å². The second-order valence-corrected chi connectivity index (χ2v) is 7.38. The number of hydrogen-bond donors (Lipinski definition) is 2. The minimum Gasteiger partial charge on any atom is -0.386 e. The van der Waals surface area contributed by atoms with Gasteiger partial charge in [0, 0.05) is 17.3 Å². The first-order chi connectivity index (χ1) is 8.93. The molecule has 110 valence electrons. The van der Waals surface area contributed by atoms with Crippen molar-refractivity contribution in [3.8, 4) is 0 Å². The molecule has 2 aliphatic rings. The van der Waals surface area contributed by atoms with E-state index in [1.165, 1.54) is 44.2 Å². The summed E-state index contributed by atoms with van der Waals surface area (Å²) in [5, 5.41) is 7.04. The molecular formula is C17H32N2. The van der Waals surface area contributed by atoms with Gasteiger partial charge in [-0.3, -0.25) is 0 Å². The Hall–Kier alpha value is -0.500. The summed E-state index contributed by atoms with van der Waals surface area (Å²) in [6.45, 7) is 11.3. The Labute approximate surface area is 119 Å². The molecule has 19 heavy (non-hydrogen) atoms. The molecule has 2 nitrogen and oxygen atoms in total. The molecule has 0 amide bonds. The summed E-state index contributed by atoms with van der Waals surface area (Å²) in [6, 6.07) is 0.633. The molecule has 0 aliphatic heterocycles. The number of nitrogens with one attached hydrogen (secondary N) is 2. The van der Waals surface area contributed by atoms with Gasteiger partial charge in [0.25, 0.3) is 0 Å². The fraction of sp³-hybridized carbons (Fsp3) is 0.882. The molecule has 2 aliphatic carbocycles. The van der Waals surface area contributed by atoms with Gasteiger partial charge in [-0.25, -0.2) is 0 Å². The van der Waals surface area contributed by atoms with Crippen LogP contribution in [0.3, 0.4) is 0 Å². The number of hydrogen-bond acceptors (Lipinski definition) is 2. The van der Waals surface area contributed by atoms with E-state index < -0.39 is 0 Å². The van der Waals surface area contributed by atoms with Crippen LogP contribution in [0.1, 0.15) is 59.3 Å². The van der Waals surface area contributed by atoms with Gasteiger partial charge >= 0.3 is 0 Å². The number of rotatable bonds is 8. The topological polar surface area (TPSA) is 24.1 Å². The second kappa shape index (κ2) is 5.87. The van der Waals surface area contributed by atoms with E-state index in [9.17, 15) is 0 Å². The van der Waals surface area contributed by atoms with Crippen LogP contribution in [0.2, 0.25) is 0 Å². The lowest BCUT2D eigenvalue weighted by molar-refractivity contribution is 0.164. The summed E-state index contributed by atoms with van der Waals surface area (Å²) in [5.74, 6) is 2.57. The maximum atomic E-state index is 4.26. The van der Waals surface area contributed by atoms with Crippen LogP contribution in [0.5, 0.6) is 0 Å². The molecule has 0 saturated heterocycles.